The summed E-state index contributed by atoms with van der Waals surface area (Å²) >= 11 is 11.8. The molecule has 1 atom stereocenters. The van der Waals surface area contributed by atoms with Crippen LogP contribution in [0.4, 0.5) is 8.78 Å². The average Bonchev–Trinajstić information content (AvgIpc) is 2.43. The van der Waals surface area contributed by atoms with Crippen molar-refractivity contribution in [3.63, 3.8) is 0 Å². The number of halogens is 4. The maximum Gasteiger partial charge on any atom is 0.145 e. The molecule has 2 rings (SSSR count). The van der Waals surface area contributed by atoms with Crippen LogP contribution in [0.1, 0.15) is 17.2 Å². The van der Waals surface area contributed by atoms with Crippen LogP contribution in [0.25, 0.3) is 0 Å². The fourth-order valence-corrected chi connectivity index (χ4v) is 2.41. The number of hydrogen-bond acceptors (Lipinski definition) is 2. The molecule has 0 fully saturated rings. The van der Waals surface area contributed by atoms with Gasteiger partial charge in [0.15, 0.2) is 0 Å². The summed E-state index contributed by atoms with van der Waals surface area (Å²) in [4.78, 5) is 0. The summed E-state index contributed by atoms with van der Waals surface area (Å²) in [6, 6.07) is 8.13. The maximum atomic E-state index is 13.9. The van der Waals surface area contributed by atoms with Crippen LogP contribution in [0.15, 0.2) is 36.4 Å². The van der Waals surface area contributed by atoms with Crippen LogP contribution in [0, 0.1) is 11.6 Å². The first-order valence-electron chi connectivity index (χ1n) is 5.87. The summed E-state index contributed by atoms with van der Waals surface area (Å²) in [6.07, 6.45) is 0.200. The molecule has 0 spiro atoms. The van der Waals surface area contributed by atoms with Crippen LogP contribution < -0.4 is 11.3 Å². The molecular weight excluding hydrogens is 305 g/mol. The van der Waals surface area contributed by atoms with Crippen molar-refractivity contribution in [3.8, 4) is 0 Å². The predicted molar refractivity (Wildman–Crippen MR) is 76.6 cm³/mol. The third kappa shape index (κ3) is 3.27. The zero-order valence-corrected chi connectivity index (χ0v) is 11.8. The zero-order chi connectivity index (χ0) is 14.7. The van der Waals surface area contributed by atoms with Gasteiger partial charge >= 0.3 is 0 Å². The van der Waals surface area contributed by atoms with Crippen LogP contribution in [0.2, 0.25) is 10.0 Å². The molecule has 1 unspecified atom stereocenters. The van der Waals surface area contributed by atoms with E-state index >= 15 is 0 Å². The van der Waals surface area contributed by atoms with Crippen LogP contribution in [-0.4, -0.2) is 0 Å². The molecule has 0 aliphatic rings. The van der Waals surface area contributed by atoms with E-state index in [9.17, 15) is 8.78 Å². The zero-order valence-electron chi connectivity index (χ0n) is 10.3. The van der Waals surface area contributed by atoms with E-state index in [0.29, 0.717) is 16.1 Å². The molecule has 0 amide bonds. The molecule has 0 bridgehead atoms. The molecule has 6 heteroatoms. The summed E-state index contributed by atoms with van der Waals surface area (Å²) < 4.78 is 27.2. The van der Waals surface area contributed by atoms with Gasteiger partial charge in [0.05, 0.1) is 11.1 Å². The Balaban J connectivity index is 2.34. The standard InChI is InChI=1S/C14H12Cl2F2N2/c15-11-5-4-9(17)7-10(11)13(20-19)6-8-2-1-3-12(16)14(8)18/h1-5,7,13,20H,6,19H2. The Morgan fingerprint density at radius 3 is 2.55 bits per heavy atom. The van der Waals surface area contributed by atoms with Crippen molar-refractivity contribution in [3.05, 3.63) is 69.2 Å². The lowest BCUT2D eigenvalue weighted by atomic mass is 9.99. The van der Waals surface area contributed by atoms with E-state index in [1.54, 1.807) is 12.1 Å². The van der Waals surface area contributed by atoms with Crippen molar-refractivity contribution in [2.24, 2.45) is 5.84 Å². The number of hydrazine groups is 1. The highest BCUT2D eigenvalue weighted by molar-refractivity contribution is 6.31. The summed E-state index contributed by atoms with van der Waals surface area (Å²) in [6.45, 7) is 0. The Hall–Kier alpha value is -1.20. The number of hydrogen-bond donors (Lipinski definition) is 2. The lowest BCUT2D eigenvalue weighted by molar-refractivity contribution is 0.525. The summed E-state index contributed by atoms with van der Waals surface area (Å²) in [7, 11) is 0. The van der Waals surface area contributed by atoms with Gasteiger partial charge in [0, 0.05) is 5.02 Å². The number of benzene rings is 2. The van der Waals surface area contributed by atoms with Gasteiger partial charge in [-0.1, -0.05) is 35.3 Å². The van der Waals surface area contributed by atoms with Crippen LogP contribution >= 0.6 is 23.2 Å². The van der Waals surface area contributed by atoms with Gasteiger partial charge in [0.1, 0.15) is 11.6 Å². The molecular formula is C14H12Cl2F2N2. The van der Waals surface area contributed by atoms with E-state index in [0.717, 1.165) is 0 Å². The summed E-state index contributed by atoms with van der Waals surface area (Å²) in [5.74, 6) is 4.53. The van der Waals surface area contributed by atoms with E-state index in [1.165, 1.54) is 24.3 Å². The van der Waals surface area contributed by atoms with E-state index in [-0.39, 0.29) is 11.4 Å². The Morgan fingerprint density at radius 2 is 1.85 bits per heavy atom. The second kappa shape index (κ2) is 6.50. The van der Waals surface area contributed by atoms with E-state index in [2.05, 4.69) is 5.43 Å². The second-order valence-electron chi connectivity index (χ2n) is 4.30. The lowest BCUT2D eigenvalue weighted by Crippen LogP contribution is -2.30. The SMILES string of the molecule is NNC(Cc1cccc(Cl)c1F)c1cc(F)ccc1Cl. The largest absolute Gasteiger partial charge is 0.271 e. The summed E-state index contributed by atoms with van der Waals surface area (Å²) in [5, 5.41) is 0.389. The normalized spacial score (nSPS) is 12.4. The second-order valence-corrected chi connectivity index (χ2v) is 5.12. The number of nitrogens with one attached hydrogen (secondary N) is 1. The lowest BCUT2D eigenvalue weighted by Gasteiger charge is -2.18. The van der Waals surface area contributed by atoms with Crippen molar-refractivity contribution in [2.45, 2.75) is 12.5 Å². The van der Waals surface area contributed by atoms with Gasteiger partial charge in [0.25, 0.3) is 0 Å². The van der Waals surface area contributed by atoms with Gasteiger partial charge in [-0.05, 0) is 41.8 Å². The molecule has 3 N–H and O–H groups in total. The minimum atomic E-state index is -0.522. The number of nitrogens with two attached hydrogens (primary N) is 1. The fourth-order valence-electron chi connectivity index (χ4n) is 1.97. The van der Waals surface area contributed by atoms with E-state index in [4.69, 9.17) is 29.0 Å². The molecule has 2 aromatic rings. The van der Waals surface area contributed by atoms with Gasteiger partial charge in [-0.25, -0.2) is 8.78 Å². The smallest absolute Gasteiger partial charge is 0.145 e. The van der Waals surface area contributed by atoms with Gasteiger partial charge in [0.2, 0.25) is 0 Å². The molecule has 20 heavy (non-hydrogen) atoms. The first kappa shape index (κ1) is 15.2. The topological polar surface area (TPSA) is 38.0 Å². The van der Waals surface area contributed by atoms with Crippen LogP contribution in [0.3, 0.4) is 0 Å². The minimum Gasteiger partial charge on any atom is -0.271 e. The Kier molecular flexibility index (Phi) is 4.94. The average molecular weight is 317 g/mol. The van der Waals surface area contributed by atoms with Crippen molar-refractivity contribution >= 4 is 23.2 Å². The van der Waals surface area contributed by atoms with Gasteiger partial charge < -0.3 is 0 Å². The van der Waals surface area contributed by atoms with Gasteiger partial charge in [-0.15, -0.1) is 0 Å². The third-order valence-corrected chi connectivity index (χ3v) is 3.63. The molecule has 2 aromatic carbocycles. The molecule has 0 aromatic heterocycles. The van der Waals surface area contributed by atoms with Crippen molar-refractivity contribution in [1.29, 1.82) is 0 Å². The van der Waals surface area contributed by atoms with Crippen LogP contribution in [0.5, 0.6) is 0 Å². The predicted octanol–water partition coefficient (Wildman–Crippen LogP) is 4.02. The van der Waals surface area contributed by atoms with Crippen LogP contribution in [-0.2, 0) is 6.42 Å². The molecule has 2 nitrogen and oxygen atoms in total. The first-order valence-corrected chi connectivity index (χ1v) is 6.62. The first-order chi connectivity index (χ1) is 9.52. The summed E-state index contributed by atoms with van der Waals surface area (Å²) in [5.41, 5.74) is 3.36. The molecule has 0 heterocycles. The molecule has 0 aliphatic carbocycles. The Bertz CT molecular complexity index is 620. The maximum absolute atomic E-state index is 13.9. The Morgan fingerprint density at radius 1 is 1.10 bits per heavy atom. The molecule has 0 radical (unpaired) electrons. The van der Waals surface area contributed by atoms with Gasteiger partial charge in [-0.2, -0.15) is 0 Å². The van der Waals surface area contributed by atoms with Crippen molar-refractivity contribution in [2.75, 3.05) is 0 Å². The molecule has 0 aliphatic heterocycles. The molecule has 0 saturated heterocycles. The minimum absolute atomic E-state index is 0.0311. The van der Waals surface area contributed by atoms with E-state index in [1.807, 2.05) is 0 Å². The highest BCUT2D eigenvalue weighted by atomic mass is 35.5. The quantitative estimate of drug-likeness (QED) is 0.660. The monoisotopic (exact) mass is 316 g/mol. The third-order valence-electron chi connectivity index (χ3n) is 2.99. The highest BCUT2D eigenvalue weighted by Gasteiger charge is 2.17. The highest BCUT2D eigenvalue weighted by Crippen LogP contribution is 2.28. The molecule has 106 valence electrons. The van der Waals surface area contributed by atoms with Gasteiger partial charge in [-0.3, -0.25) is 11.3 Å². The fraction of sp³-hybridized carbons (Fsp3) is 0.143. The van der Waals surface area contributed by atoms with Crippen molar-refractivity contribution < 1.29 is 8.78 Å². The Labute approximate surface area is 125 Å². The van der Waals surface area contributed by atoms with E-state index < -0.39 is 17.7 Å². The molecule has 0 saturated carbocycles. The van der Waals surface area contributed by atoms with Crippen molar-refractivity contribution in [1.82, 2.24) is 5.43 Å². The number of rotatable bonds is 4.